The van der Waals surface area contributed by atoms with Gasteiger partial charge in [0, 0.05) is 19.0 Å². The molecule has 1 saturated heterocycles. The molecule has 2 aliphatic heterocycles. The minimum absolute atomic E-state index is 0.136. The Kier molecular flexibility index (Phi) is 4.36. The summed E-state index contributed by atoms with van der Waals surface area (Å²) in [4.78, 5) is 25.1. The number of aromatic hydroxyl groups is 1. The Morgan fingerprint density at radius 1 is 1.03 bits per heavy atom. The molecule has 0 unspecified atom stereocenters. The second kappa shape index (κ2) is 7.07. The van der Waals surface area contributed by atoms with Crippen LogP contribution in [0.5, 0.6) is 5.75 Å². The highest BCUT2D eigenvalue weighted by molar-refractivity contribution is 5.95. The molecule has 7 nitrogen and oxygen atoms in total. The molecular formula is C22H19FN4O3. The number of aromatic nitrogens is 2. The maximum atomic E-state index is 14.2. The molecule has 3 aromatic rings. The summed E-state index contributed by atoms with van der Waals surface area (Å²) < 4.78 is 15.6. The van der Waals surface area contributed by atoms with E-state index in [-0.39, 0.29) is 11.5 Å². The van der Waals surface area contributed by atoms with Gasteiger partial charge >= 0.3 is 0 Å². The topological polar surface area (TPSA) is 78.7 Å². The molecule has 152 valence electrons. The zero-order chi connectivity index (χ0) is 20.8. The number of nitrogens with zero attached hydrogens (tertiary/aromatic N) is 4. The van der Waals surface area contributed by atoms with Crippen LogP contribution in [0.15, 0.2) is 65.6 Å². The predicted octanol–water partition coefficient (Wildman–Crippen LogP) is 2.50. The van der Waals surface area contributed by atoms with E-state index >= 15 is 0 Å². The SMILES string of the molecule is O=C1c2c(O)c(=O)cnn2[C@@H]([C@H](c2ccccc2)c2cccc(F)c2)N2CCCN12. The van der Waals surface area contributed by atoms with Crippen LogP contribution in [0.4, 0.5) is 4.39 Å². The molecule has 2 aliphatic rings. The standard InChI is InChI=1S/C22H19FN4O3/c23-16-9-4-8-15(12-16)18(14-6-2-1-3-7-14)21-25-10-5-11-26(25)22(30)19-20(29)17(28)13-24-27(19)21/h1-4,6-9,12-13,18,21,29H,5,10-11H2/t18-,21+/m1/s1. The lowest BCUT2D eigenvalue weighted by atomic mass is 9.87. The zero-order valence-corrected chi connectivity index (χ0v) is 16.0. The molecule has 0 saturated carbocycles. The molecule has 8 heteroatoms. The third kappa shape index (κ3) is 2.80. The Morgan fingerprint density at radius 2 is 1.80 bits per heavy atom. The van der Waals surface area contributed by atoms with E-state index in [2.05, 4.69) is 5.10 Å². The molecule has 0 bridgehead atoms. The van der Waals surface area contributed by atoms with Crippen LogP contribution < -0.4 is 5.43 Å². The molecule has 2 atom stereocenters. The fraction of sp³-hybridized carbons (Fsp3) is 0.227. The third-order valence-electron chi connectivity index (χ3n) is 5.71. The van der Waals surface area contributed by atoms with Crippen molar-refractivity contribution < 1.29 is 14.3 Å². The molecule has 30 heavy (non-hydrogen) atoms. The fourth-order valence-electron chi connectivity index (χ4n) is 4.44. The summed E-state index contributed by atoms with van der Waals surface area (Å²) in [7, 11) is 0. The number of carbonyl (C=O) groups excluding carboxylic acids is 1. The van der Waals surface area contributed by atoms with Crippen LogP contribution in [0.25, 0.3) is 0 Å². The lowest BCUT2D eigenvalue weighted by Crippen LogP contribution is -2.54. The molecule has 5 rings (SSSR count). The number of benzene rings is 2. The van der Waals surface area contributed by atoms with Crippen molar-refractivity contribution in [3.63, 3.8) is 0 Å². The van der Waals surface area contributed by atoms with Gasteiger partial charge in [-0.05, 0) is 29.7 Å². The number of halogens is 1. The van der Waals surface area contributed by atoms with Gasteiger partial charge in [-0.25, -0.2) is 9.07 Å². The molecule has 1 N–H and O–H groups in total. The number of hydrazine groups is 1. The van der Waals surface area contributed by atoms with Crippen molar-refractivity contribution in [2.75, 3.05) is 13.1 Å². The van der Waals surface area contributed by atoms with E-state index in [9.17, 15) is 19.1 Å². The maximum absolute atomic E-state index is 14.2. The highest BCUT2D eigenvalue weighted by Crippen LogP contribution is 2.43. The number of fused-ring (bicyclic) bond motifs is 2. The fourth-order valence-corrected chi connectivity index (χ4v) is 4.44. The van der Waals surface area contributed by atoms with Crippen LogP contribution in [0.3, 0.4) is 0 Å². The summed E-state index contributed by atoms with van der Waals surface area (Å²) >= 11 is 0. The monoisotopic (exact) mass is 406 g/mol. The Hall–Kier alpha value is -3.52. The molecule has 3 heterocycles. The van der Waals surface area contributed by atoms with Crippen LogP contribution >= 0.6 is 0 Å². The minimum atomic E-state index is -0.706. The third-order valence-corrected chi connectivity index (χ3v) is 5.71. The Bertz CT molecular complexity index is 1180. The molecule has 1 amide bonds. The van der Waals surface area contributed by atoms with Crippen molar-refractivity contribution in [3.05, 3.63) is 93.7 Å². The molecule has 1 fully saturated rings. The maximum Gasteiger partial charge on any atom is 0.290 e. The summed E-state index contributed by atoms with van der Waals surface area (Å²) in [6.45, 7) is 1.07. The van der Waals surface area contributed by atoms with Gasteiger partial charge in [0.25, 0.3) is 5.91 Å². The largest absolute Gasteiger partial charge is 0.502 e. The molecule has 0 aliphatic carbocycles. The first-order valence-corrected chi connectivity index (χ1v) is 9.76. The molecule has 0 spiro atoms. The van der Waals surface area contributed by atoms with Crippen LogP contribution in [0.2, 0.25) is 0 Å². The quantitative estimate of drug-likeness (QED) is 0.723. The van der Waals surface area contributed by atoms with Gasteiger partial charge in [-0.3, -0.25) is 14.6 Å². The average molecular weight is 406 g/mol. The second-order valence-corrected chi connectivity index (χ2v) is 7.45. The van der Waals surface area contributed by atoms with Crippen molar-refractivity contribution in [3.8, 4) is 5.75 Å². The smallest absolute Gasteiger partial charge is 0.290 e. The van der Waals surface area contributed by atoms with E-state index in [1.165, 1.54) is 16.8 Å². The van der Waals surface area contributed by atoms with Gasteiger partial charge in [-0.2, -0.15) is 10.1 Å². The number of rotatable bonds is 3. The molecule has 0 radical (unpaired) electrons. The van der Waals surface area contributed by atoms with Crippen molar-refractivity contribution in [2.24, 2.45) is 0 Å². The van der Waals surface area contributed by atoms with E-state index in [4.69, 9.17) is 0 Å². The number of amides is 1. The second-order valence-electron chi connectivity index (χ2n) is 7.45. The van der Waals surface area contributed by atoms with Crippen LogP contribution in [-0.4, -0.2) is 43.9 Å². The van der Waals surface area contributed by atoms with Gasteiger partial charge in [0.05, 0.1) is 6.20 Å². The molecular weight excluding hydrogens is 387 g/mol. The highest BCUT2D eigenvalue weighted by Gasteiger charge is 2.46. The lowest BCUT2D eigenvalue weighted by Gasteiger charge is -2.44. The summed E-state index contributed by atoms with van der Waals surface area (Å²) in [5, 5.41) is 18.1. The predicted molar refractivity (Wildman–Crippen MR) is 106 cm³/mol. The number of hydrogen-bond acceptors (Lipinski definition) is 5. The van der Waals surface area contributed by atoms with Crippen molar-refractivity contribution in [1.29, 1.82) is 0 Å². The lowest BCUT2D eigenvalue weighted by molar-refractivity contribution is -0.0541. The molecule has 1 aromatic heterocycles. The Balaban J connectivity index is 1.78. The number of carbonyl (C=O) groups is 1. The summed E-state index contributed by atoms with van der Waals surface area (Å²) in [6, 6.07) is 15.9. The van der Waals surface area contributed by atoms with Crippen molar-refractivity contribution in [1.82, 2.24) is 19.8 Å². The zero-order valence-electron chi connectivity index (χ0n) is 16.0. The van der Waals surface area contributed by atoms with Crippen molar-refractivity contribution in [2.45, 2.75) is 18.5 Å². The van der Waals surface area contributed by atoms with Crippen LogP contribution in [-0.2, 0) is 0 Å². The Morgan fingerprint density at radius 3 is 2.57 bits per heavy atom. The average Bonchev–Trinajstić information content (AvgIpc) is 3.24. The van der Waals surface area contributed by atoms with E-state index in [0.29, 0.717) is 18.7 Å². The van der Waals surface area contributed by atoms with Crippen LogP contribution in [0.1, 0.15) is 40.1 Å². The van der Waals surface area contributed by atoms with Crippen molar-refractivity contribution >= 4 is 5.91 Å². The number of hydrogen-bond donors (Lipinski definition) is 1. The Labute approximate surface area is 171 Å². The summed E-state index contributed by atoms with van der Waals surface area (Å²) in [5.74, 6) is -1.84. The first-order chi connectivity index (χ1) is 14.6. The van der Waals surface area contributed by atoms with Gasteiger partial charge in [-0.15, -0.1) is 0 Å². The van der Waals surface area contributed by atoms with E-state index in [0.717, 1.165) is 18.2 Å². The van der Waals surface area contributed by atoms with E-state index < -0.39 is 29.2 Å². The summed E-state index contributed by atoms with van der Waals surface area (Å²) in [6.07, 6.45) is 1.20. The van der Waals surface area contributed by atoms with Gasteiger partial charge < -0.3 is 5.11 Å². The van der Waals surface area contributed by atoms with Crippen LogP contribution in [0, 0.1) is 5.82 Å². The van der Waals surface area contributed by atoms with E-state index in [1.54, 1.807) is 11.1 Å². The first kappa shape index (κ1) is 18.5. The van der Waals surface area contributed by atoms with Gasteiger partial charge in [0.15, 0.2) is 11.4 Å². The van der Waals surface area contributed by atoms with Gasteiger partial charge in [0.1, 0.15) is 12.0 Å². The first-order valence-electron chi connectivity index (χ1n) is 9.76. The highest BCUT2D eigenvalue weighted by atomic mass is 19.1. The minimum Gasteiger partial charge on any atom is -0.502 e. The molecule has 2 aromatic carbocycles. The van der Waals surface area contributed by atoms with E-state index in [1.807, 2.05) is 41.4 Å². The van der Waals surface area contributed by atoms with Gasteiger partial charge in [0.2, 0.25) is 5.43 Å². The van der Waals surface area contributed by atoms with Gasteiger partial charge in [-0.1, -0.05) is 42.5 Å². The summed E-state index contributed by atoms with van der Waals surface area (Å²) in [5.41, 5.74) is 0.768. The normalized spacial score (nSPS) is 19.4.